The van der Waals surface area contributed by atoms with Gasteiger partial charge in [-0.2, -0.15) is 9.78 Å². The summed E-state index contributed by atoms with van der Waals surface area (Å²) in [4.78, 5) is 31.0. The van der Waals surface area contributed by atoms with E-state index in [-0.39, 0.29) is 11.8 Å². The number of aromatic amines is 1. The predicted octanol–water partition coefficient (Wildman–Crippen LogP) is 0.371. The molecule has 11 nitrogen and oxygen atoms in total. The van der Waals surface area contributed by atoms with Crippen molar-refractivity contribution in [2.24, 2.45) is 5.92 Å². The molecule has 4 rings (SSSR count). The van der Waals surface area contributed by atoms with E-state index >= 15 is 0 Å². The molecule has 1 aliphatic heterocycles. The summed E-state index contributed by atoms with van der Waals surface area (Å²) in [5.74, 6) is 0.542. The average Bonchev–Trinajstić information content (AvgIpc) is 3.43. The van der Waals surface area contributed by atoms with E-state index in [4.69, 9.17) is 0 Å². The molecule has 0 aromatic carbocycles. The van der Waals surface area contributed by atoms with Crippen molar-refractivity contribution in [2.45, 2.75) is 19.8 Å². The summed E-state index contributed by atoms with van der Waals surface area (Å²) in [6, 6.07) is 1.82. The molecule has 29 heavy (non-hydrogen) atoms. The molecule has 0 bridgehead atoms. The first-order valence-corrected chi connectivity index (χ1v) is 9.38. The van der Waals surface area contributed by atoms with Crippen molar-refractivity contribution in [1.29, 1.82) is 0 Å². The quantitative estimate of drug-likeness (QED) is 0.637. The lowest BCUT2D eigenvalue weighted by Gasteiger charge is -2.32. The normalized spacial score (nSPS) is 14.7. The molecule has 0 aliphatic carbocycles. The van der Waals surface area contributed by atoms with Crippen molar-refractivity contribution in [1.82, 2.24) is 45.6 Å². The third-order valence-corrected chi connectivity index (χ3v) is 5.16. The molecule has 3 aromatic heterocycles. The van der Waals surface area contributed by atoms with Crippen LogP contribution in [0.25, 0.3) is 5.82 Å². The van der Waals surface area contributed by atoms with E-state index in [0.29, 0.717) is 42.5 Å². The van der Waals surface area contributed by atoms with Gasteiger partial charge in [0, 0.05) is 32.0 Å². The summed E-state index contributed by atoms with van der Waals surface area (Å²) < 4.78 is 1.38. The molecular weight excluding hydrogens is 374 g/mol. The summed E-state index contributed by atoms with van der Waals surface area (Å²) >= 11 is 0. The number of hydrogen-bond acceptors (Lipinski definition) is 7. The molecule has 1 aliphatic rings. The molecule has 0 saturated carbocycles. The molecule has 4 heterocycles. The molecule has 2 N–H and O–H groups in total. The predicted molar refractivity (Wildman–Crippen MR) is 101 cm³/mol. The van der Waals surface area contributed by atoms with Gasteiger partial charge in [0.25, 0.3) is 11.8 Å². The molecule has 0 unspecified atom stereocenters. The monoisotopic (exact) mass is 395 g/mol. The van der Waals surface area contributed by atoms with Gasteiger partial charge in [0.2, 0.25) is 0 Å². The fraction of sp³-hybridized carbons (Fsp3) is 0.389. The van der Waals surface area contributed by atoms with Crippen LogP contribution in [0.3, 0.4) is 0 Å². The number of hydrogen-bond donors (Lipinski definition) is 2. The Morgan fingerprint density at radius 1 is 1.24 bits per heavy atom. The Labute approximate surface area is 166 Å². The van der Waals surface area contributed by atoms with Crippen molar-refractivity contribution >= 4 is 11.8 Å². The second kappa shape index (κ2) is 8.17. The molecule has 11 heteroatoms. The van der Waals surface area contributed by atoms with Crippen LogP contribution in [-0.2, 0) is 0 Å². The van der Waals surface area contributed by atoms with Gasteiger partial charge < -0.3 is 10.2 Å². The average molecular weight is 395 g/mol. The fourth-order valence-corrected chi connectivity index (χ4v) is 3.42. The highest BCUT2D eigenvalue weighted by molar-refractivity contribution is 5.97. The number of rotatable bonds is 5. The van der Waals surface area contributed by atoms with Gasteiger partial charge in [-0.1, -0.05) is 0 Å². The van der Waals surface area contributed by atoms with E-state index in [1.165, 1.54) is 17.2 Å². The van der Waals surface area contributed by atoms with Crippen LogP contribution in [0, 0.1) is 12.8 Å². The lowest BCUT2D eigenvalue weighted by Crippen LogP contribution is -2.41. The van der Waals surface area contributed by atoms with Gasteiger partial charge in [-0.05, 0) is 47.7 Å². The third-order valence-electron chi connectivity index (χ3n) is 5.16. The number of carbonyl (C=O) groups is 2. The third kappa shape index (κ3) is 3.98. The lowest BCUT2D eigenvalue weighted by molar-refractivity contribution is 0.0684. The molecule has 0 radical (unpaired) electrons. The number of piperidine rings is 1. The first-order valence-electron chi connectivity index (χ1n) is 9.38. The number of pyridine rings is 1. The molecular formula is C18H21N9O2. The van der Waals surface area contributed by atoms with Gasteiger partial charge in [-0.15, -0.1) is 5.10 Å². The summed E-state index contributed by atoms with van der Waals surface area (Å²) in [5, 5.41) is 20.7. The number of carbonyl (C=O) groups excluding carboxylic acids is 2. The Bertz CT molecular complexity index is 990. The molecule has 0 atom stereocenters. The number of aromatic nitrogens is 7. The van der Waals surface area contributed by atoms with Crippen LogP contribution >= 0.6 is 0 Å². The van der Waals surface area contributed by atoms with E-state index in [1.807, 2.05) is 13.0 Å². The first-order chi connectivity index (χ1) is 14.1. The zero-order valence-electron chi connectivity index (χ0n) is 15.9. The molecule has 150 valence electrons. The van der Waals surface area contributed by atoms with Gasteiger partial charge in [-0.25, -0.2) is 0 Å². The fourth-order valence-electron chi connectivity index (χ4n) is 3.42. The Hall–Kier alpha value is -3.63. The second-order valence-electron chi connectivity index (χ2n) is 7.02. The van der Waals surface area contributed by atoms with Crippen molar-refractivity contribution in [3.05, 3.63) is 47.7 Å². The topological polar surface area (TPSA) is 135 Å². The summed E-state index contributed by atoms with van der Waals surface area (Å²) in [5.41, 5.74) is 1.92. The highest BCUT2D eigenvalue weighted by Gasteiger charge is 2.27. The standard InChI is InChI=1S/C18H21N9O2/c1-12-2-5-19-9-14(12)17(28)20-8-13-3-6-26(7-4-13)18(29)15-10-21-23-16(15)27-11-22-24-25-27/h2,5,9-11,13H,3-4,6-8H2,1H3,(H,20,28)(H,21,23). The second-order valence-corrected chi connectivity index (χ2v) is 7.02. The van der Waals surface area contributed by atoms with Crippen LogP contribution in [-0.4, -0.2) is 71.7 Å². The first kappa shape index (κ1) is 18.7. The summed E-state index contributed by atoms with van der Waals surface area (Å²) in [7, 11) is 0. The van der Waals surface area contributed by atoms with E-state index in [1.54, 1.807) is 17.3 Å². The molecule has 3 aromatic rings. The van der Waals surface area contributed by atoms with Gasteiger partial charge in [0.1, 0.15) is 11.9 Å². The number of aryl methyl sites for hydroxylation is 1. The minimum atomic E-state index is -0.113. The minimum Gasteiger partial charge on any atom is -0.352 e. The largest absolute Gasteiger partial charge is 0.352 e. The van der Waals surface area contributed by atoms with Crippen molar-refractivity contribution in [2.75, 3.05) is 19.6 Å². The van der Waals surface area contributed by atoms with Crippen LogP contribution < -0.4 is 5.32 Å². The Kier molecular flexibility index (Phi) is 5.27. The Morgan fingerprint density at radius 3 is 2.79 bits per heavy atom. The lowest BCUT2D eigenvalue weighted by atomic mass is 9.96. The molecule has 2 amide bonds. The maximum absolute atomic E-state index is 12.9. The number of H-pyrrole nitrogens is 1. The van der Waals surface area contributed by atoms with Crippen LogP contribution in [0.15, 0.2) is 31.0 Å². The summed E-state index contributed by atoms with van der Waals surface area (Å²) in [6.07, 6.45) is 7.78. The van der Waals surface area contributed by atoms with Gasteiger partial charge in [0.15, 0.2) is 5.82 Å². The summed E-state index contributed by atoms with van der Waals surface area (Å²) in [6.45, 7) is 3.70. The van der Waals surface area contributed by atoms with E-state index < -0.39 is 0 Å². The Morgan fingerprint density at radius 2 is 2.07 bits per heavy atom. The van der Waals surface area contributed by atoms with E-state index in [2.05, 4.69) is 36.0 Å². The van der Waals surface area contributed by atoms with E-state index in [0.717, 1.165) is 18.4 Å². The van der Waals surface area contributed by atoms with Crippen molar-refractivity contribution in [3.63, 3.8) is 0 Å². The minimum absolute atomic E-state index is 0.112. The molecule has 0 spiro atoms. The zero-order chi connectivity index (χ0) is 20.2. The van der Waals surface area contributed by atoms with Crippen LogP contribution in [0.4, 0.5) is 0 Å². The zero-order valence-corrected chi connectivity index (χ0v) is 15.9. The molecule has 1 fully saturated rings. The highest BCUT2D eigenvalue weighted by atomic mass is 16.2. The number of nitrogens with one attached hydrogen (secondary N) is 2. The highest BCUT2D eigenvalue weighted by Crippen LogP contribution is 2.20. The van der Waals surface area contributed by atoms with Crippen molar-refractivity contribution < 1.29 is 9.59 Å². The molecule has 1 saturated heterocycles. The smallest absolute Gasteiger partial charge is 0.259 e. The number of likely N-dealkylation sites (tertiary alicyclic amines) is 1. The SMILES string of the molecule is Cc1ccncc1C(=O)NCC1CCN(C(=O)c2cn[nH]c2-n2cnnn2)CC1. The van der Waals surface area contributed by atoms with Gasteiger partial charge in [0.05, 0.1) is 11.8 Å². The van der Waals surface area contributed by atoms with E-state index in [9.17, 15) is 9.59 Å². The number of amides is 2. The van der Waals surface area contributed by atoms with Gasteiger partial charge >= 0.3 is 0 Å². The van der Waals surface area contributed by atoms with Crippen LogP contribution in [0.2, 0.25) is 0 Å². The van der Waals surface area contributed by atoms with Crippen LogP contribution in [0.5, 0.6) is 0 Å². The van der Waals surface area contributed by atoms with Crippen molar-refractivity contribution in [3.8, 4) is 5.82 Å². The Balaban J connectivity index is 1.31. The van der Waals surface area contributed by atoms with Gasteiger partial charge in [-0.3, -0.25) is 19.7 Å². The van der Waals surface area contributed by atoms with Crippen LogP contribution in [0.1, 0.15) is 39.1 Å². The maximum Gasteiger partial charge on any atom is 0.259 e. The number of nitrogens with zero attached hydrogens (tertiary/aromatic N) is 7. The maximum atomic E-state index is 12.9. The number of tetrazole rings is 1.